The summed E-state index contributed by atoms with van der Waals surface area (Å²) in [5, 5.41) is 7.54. The van der Waals surface area contributed by atoms with Crippen molar-refractivity contribution in [2.75, 3.05) is 0 Å². The maximum atomic E-state index is 11.2. The number of hydrogen-bond acceptors (Lipinski definition) is 2. The number of carbonyl (C=O) groups is 1. The second-order valence-corrected chi connectivity index (χ2v) is 5.03. The van der Waals surface area contributed by atoms with E-state index >= 15 is 0 Å². The fourth-order valence-electron chi connectivity index (χ4n) is 0.925. The molecule has 1 heterocycles. The first-order chi connectivity index (χ1) is 6.59. The van der Waals surface area contributed by atoms with E-state index in [4.69, 9.17) is 0 Å². The van der Waals surface area contributed by atoms with Gasteiger partial charge >= 0.3 is 6.03 Å². The van der Waals surface area contributed by atoms with Gasteiger partial charge in [0.15, 0.2) is 0 Å². The lowest BCUT2D eigenvalue weighted by molar-refractivity contribution is 0.238. The van der Waals surface area contributed by atoms with Crippen molar-refractivity contribution in [3.8, 4) is 0 Å². The SMILES string of the molecule is CC(C)NC(=O)NCc1sccc1Br. The summed E-state index contributed by atoms with van der Waals surface area (Å²) >= 11 is 5.03. The summed E-state index contributed by atoms with van der Waals surface area (Å²) in [6, 6.07) is 2.02. The van der Waals surface area contributed by atoms with Crippen LogP contribution in [0.15, 0.2) is 15.9 Å². The zero-order valence-corrected chi connectivity index (χ0v) is 10.5. The van der Waals surface area contributed by atoms with Gasteiger partial charge in [-0.2, -0.15) is 0 Å². The molecule has 0 aliphatic rings. The third-order valence-corrected chi connectivity index (χ3v) is 3.45. The smallest absolute Gasteiger partial charge is 0.315 e. The third kappa shape index (κ3) is 3.67. The molecule has 0 unspecified atom stereocenters. The van der Waals surface area contributed by atoms with Crippen LogP contribution in [0.3, 0.4) is 0 Å². The number of thiophene rings is 1. The molecule has 78 valence electrons. The molecule has 0 aliphatic carbocycles. The van der Waals surface area contributed by atoms with Crippen LogP contribution < -0.4 is 10.6 Å². The van der Waals surface area contributed by atoms with Crippen molar-refractivity contribution in [3.63, 3.8) is 0 Å². The minimum absolute atomic E-state index is 0.125. The van der Waals surface area contributed by atoms with E-state index in [2.05, 4.69) is 26.6 Å². The zero-order chi connectivity index (χ0) is 10.6. The molecule has 0 spiro atoms. The van der Waals surface area contributed by atoms with Crippen molar-refractivity contribution < 1.29 is 4.79 Å². The summed E-state index contributed by atoms with van der Waals surface area (Å²) in [6.07, 6.45) is 0. The topological polar surface area (TPSA) is 41.1 Å². The van der Waals surface area contributed by atoms with Gasteiger partial charge in [0, 0.05) is 15.4 Å². The zero-order valence-electron chi connectivity index (χ0n) is 8.13. The molecule has 3 nitrogen and oxygen atoms in total. The Hall–Kier alpha value is -0.550. The second-order valence-electron chi connectivity index (χ2n) is 3.17. The molecule has 0 saturated carbocycles. The molecule has 0 saturated heterocycles. The molecular weight excluding hydrogens is 264 g/mol. The Labute approximate surface area is 96.0 Å². The Bertz CT molecular complexity index is 312. The molecule has 0 radical (unpaired) electrons. The van der Waals surface area contributed by atoms with Gasteiger partial charge in [-0.05, 0) is 41.2 Å². The van der Waals surface area contributed by atoms with Crippen LogP contribution in [-0.4, -0.2) is 12.1 Å². The highest BCUT2D eigenvalue weighted by atomic mass is 79.9. The number of halogens is 1. The Kier molecular flexibility index (Phi) is 4.41. The molecule has 0 aliphatic heterocycles. The first kappa shape index (κ1) is 11.5. The Morgan fingerprint density at radius 2 is 2.36 bits per heavy atom. The Balaban J connectivity index is 2.34. The van der Waals surface area contributed by atoms with E-state index in [0.717, 1.165) is 9.35 Å². The van der Waals surface area contributed by atoms with Crippen LogP contribution in [0, 0.1) is 0 Å². The Morgan fingerprint density at radius 1 is 1.64 bits per heavy atom. The van der Waals surface area contributed by atoms with Gasteiger partial charge < -0.3 is 10.6 Å². The van der Waals surface area contributed by atoms with E-state index in [1.54, 1.807) is 11.3 Å². The normalized spacial score (nSPS) is 10.3. The molecule has 1 aromatic rings. The molecule has 0 atom stereocenters. The fraction of sp³-hybridized carbons (Fsp3) is 0.444. The van der Waals surface area contributed by atoms with Gasteiger partial charge in [0.1, 0.15) is 0 Å². The third-order valence-electron chi connectivity index (χ3n) is 1.52. The van der Waals surface area contributed by atoms with Crippen molar-refractivity contribution in [2.45, 2.75) is 26.4 Å². The van der Waals surface area contributed by atoms with Crippen molar-refractivity contribution in [1.82, 2.24) is 10.6 Å². The summed E-state index contributed by atoms with van der Waals surface area (Å²) in [4.78, 5) is 12.4. The van der Waals surface area contributed by atoms with Gasteiger partial charge in [0.25, 0.3) is 0 Å². The quantitative estimate of drug-likeness (QED) is 0.876. The van der Waals surface area contributed by atoms with Gasteiger partial charge in [-0.25, -0.2) is 4.79 Å². The average Bonchev–Trinajstić information content (AvgIpc) is 2.46. The van der Waals surface area contributed by atoms with Crippen molar-refractivity contribution >= 4 is 33.3 Å². The highest BCUT2D eigenvalue weighted by molar-refractivity contribution is 9.10. The summed E-state index contributed by atoms with van der Waals surface area (Å²) < 4.78 is 1.05. The highest BCUT2D eigenvalue weighted by Crippen LogP contribution is 2.21. The number of hydrogen-bond donors (Lipinski definition) is 2. The molecular formula is C9H13BrN2OS. The molecule has 2 amide bonds. The molecule has 0 aromatic carbocycles. The van der Waals surface area contributed by atoms with Crippen LogP contribution in [0.2, 0.25) is 0 Å². The van der Waals surface area contributed by atoms with Crippen LogP contribution in [-0.2, 0) is 6.54 Å². The molecule has 1 rings (SSSR count). The standard InChI is InChI=1S/C9H13BrN2OS/c1-6(2)12-9(13)11-5-8-7(10)3-4-14-8/h3-4,6H,5H2,1-2H3,(H2,11,12,13). The molecule has 0 bridgehead atoms. The van der Waals surface area contributed by atoms with Crippen molar-refractivity contribution in [3.05, 3.63) is 20.8 Å². The average molecular weight is 277 g/mol. The number of nitrogens with one attached hydrogen (secondary N) is 2. The van der Waals surface area contributed by atoms with E-state index in [0.29, 0.717) is 6.54 Å². The predicted octanol–water partition coefficient (Wildman–Crippen LogP) is 2.72. The molecule has 0 fully saturated rings. The fourth-order valence-corrected chi connectivity index (χ4v) is 2.36. The molecule has 1 aromatic heterocycles. The van der Waals surface area contributed by atoms with Crippen LogP contribution in [0.4, 0.5) is 4.79 Å². The van der Waals surface area contributed by atoms with E-state index in [1.165, 1.54) is 0 Å². The van der Waals surface area contributed by atoms with Crippen LogP contribution in [0.25, 0.3) is 0 Å². The van der Waals surface area contributed by atoms with Gasteiger partial charge in [-0.3, -0.25) is 0 Å². The lowest BCUT2D eigenvalue weighted by atomic mass is 10.4. The maximum Gasteiger partial charge on any atom is 0.315 e. The largest absolute Gasteiger partial charge is 0.336 e. The lowest BCUT2D eigenvalue weighted by Gasteiger charge is -2.09. The summed E-state index contributed by atoms with van der Waals surface area (Å²) in [5.74, 6) is 0. The maximum absolute atomic E-state index is 11.2. The van der Waals surface area contributed by atoms with Gasteiger partial charge in [0.2, 0.25) is 0 Å². The van der Waals surface area contributed by atoms with Gasteiger partial charge in [0.05, 0.1) is 6.54 Å². The number of amides is 2. The van der Waals surface area contributed by atoms with Crippen molar-refractivity contribution in [2.24, 2.45) is 0 Å². The molecule has 5 heteroatoms. The monoisotopic (exact) mass is 276 g/mol. The van der Waals surface area contributed by atoms with Gasteiger partial charge in [-0.15, -0.1) is 11.3 Å². The van der Waals surface area contributed by atoms with Crippen LogP contribution >= 0.6 is 27.3 Å². The summed E-state index contributed by atoms with van der Waals surface area (Å²) in [5.41, 5.74) is 0. The molecule has 14 heavy (non-hydrogen) atoms. The van der Waals surface area contributed by atoms with Crippen molar-refractivity contribution in [1.29, 1.82) is 0 Å². The number of carbonyl (C=O) groups excluding carboxylic acids is 1. The van der Waals surface area contributed by atoms with E-state index in [9.17, 15) is 4.79 Å². The number of urea groups is 1. The van der Waals surface area contributed by atoms with E-state index < -0.39 is 0 Å². The first-order valence-corrected chi connectivity index (χ1v) is 6.03. The minimum atomic E-state index is -0.125. The number of rotatable bonds is 3. The predicted molar refractivity (Wildman–Crippen MR) is 62.5 cm³/mol. The van der Waals surface area contributed by atoms with E-state index in [-0.39, 0.29) is 12.1 Å². The molecule has 2 N–H and O–H groups in total. The lowest BCUT2D eigenvalue weighted by Crippen LogP contribution is -2.38. The first-order valence-electron chi connectivity index (χ1n) is 4.36. The van der Waals surface area contributed by atoms with Crippen LogP contribution in [0.5, 0.6) is 0 Å². The minimum Gasteiger partial charge on any atom is -0.336 e. The highest BCUT2D eigenvalue weighted by Gasteiger charge is 2.04. The Morgan fingerprint density at radius 3 is 2.86 bits per heavy atom. The summed E-state index contributed by atoms with van der Waals surface area (Å²) in [6.45, 7) is 4.43. The van der Waals surface area contributed by atoms with Gasteiger partial charge in [-0.1, -0.05) is 0 Å². The second kappa shape index (κ2) is 5.36. The van der Waals surface area contributed by atoms with Crippen LogP contribution in [0.1, 0.15) is 18.7 Å². The summed E-state index contributed by atoms with van der Waals surface area (Å²) in [7, 11) is 0. The van der Waals surface area contributed by atoms with E-state index in [1.807, 2.05) is 25.3 Å².